The predicted molar refractivity (Wildman–Crippen MR) is 123 cm³/mol. The lowest BCUT2D eigenvalue weighted by Crippen LogP contribution is -2.40. The molecule has 1 N–H and O–H groups in total. The Bertz CT molecular complexity index is 1130. The topological polar surface area (TPSA) is 52.7 Å². The van der Waals surface area contributed by atoms with Crippen LogP contribution in [0.3, 0.4) is 0 Å². The SMILES string of the molecule is CC(c1ccc(F)cc1)N1C(=O)c2ccccc2C1C(=O)NCc1ccc(N(C)C)cc1. The zero-order valence-corrected chi connectivity index (χ0v) is 18.4. The fourth-order valence-electron chi connectivity index (χ4n) is 4.10. The number of anilines is 1. The van der Waals surface area contributed by atoms with Crippen molar-refractivity contribution < 1.29 is 14.0 Å². The van der Waals surface area contributed by atoms with E-state index in [0.29, 0.717) is 17.7 Å². The first kappa shape index (κ1) is 21.6. The number of nitrogens with one attached hydrogen (secondary N) is 1. The monoisotopic (exact) mass is 431 g/mol. The number of hydrogen-bond donors (Lipinski definition) is 1. The molecule has 1 aliphatic rings. The second-order valence-corrected chi connectivity index (χ2v) is 8.21. The lowest BCUT2D eigenvalue weighted by atomic mass is 10.0. The molecular formula is C26H26FN3O2. The van der Waals surface area contributed by atoms with Crippen LogP contribution in [0.5, 0.6) is 0 Å². The van der Waals surface area contributed by atoms with Gasteiger partial charge in [0.05, 0.1) is 6.04 Å². The van der Waals surface area contributed by atoms with Gasteiger partial charge in [-0.3, -0.25) is 9.59 Å². The summed E-state index contributed by atoms with van der Waals surface area (Å²) in [6, 6.07) is 20.0. The number of fused-ring (bicyclic) bond motifs is 1. The van der Waals surface area contributed by atoms with E-state index in [2.05, 4.69) is 5.32 Å². The number of rotatable bonds is 6. The van der Waals surface area contributed by atoms with E-state index in [1.165, 1.54) is 12.1 Å². The molecule has 3 aromatic rings. The minimum absolute atomic E-state index is 0.201. The average Bonchev–Trinajstić information content (AvgIpc) is 3.10. The Hall–Kier alpha value is -3.67. The van der Waals surface area contributed by atoms with E-state index >= 15 is 0 Å². The van der Waals surface area contributed by atoms with E-state index in [1.54, 1.807) is 29.2 Å². The molecule has 164 valence electrons. The fraction of sp³-hybridized carbons (Fsp3) is 0.231. The predicted octanol–water partition coefficient (Wildman–Crippen LogP) is 4.47. The van der Waals surface area contributed by atoms with Crippen molar-refractivity contribution in [2.45, 2.75) is 25.6 Å². The molecule has 0 spiro atoms. The number of nitrogens with zero attached hydrogens (tertiary/aromatic N) is 2. The second kappa shape index (κ2) is 8.83. The highest BCUT2D eigenvalue weighted by molar-refractivity contribution is 6.04. The van der Waals surface area contributed by atoms with Gasteiger partial charge < -0.3 is 15.1 Å². The summed E-state index contributed by atoms with van der Waals surface area (Å²) < 4.78 is 13.4. The smallest absolute Gasteiger partial charge is 0.255 e. The van der Waals surface area contributed by atoms with Crippen molar-refractivity contribution >= 4 is 17.5 Å². The van der Waals surface area contributed by atoms with E-state index in [-0.39, 0.29) is 17.6 Å². The Balaban J connectivity index is 1.58. The summed E-state index contributed by atoms with van der Waals surface area (Å²) in [6.07, 6.45) is 0. The summed E-state index contributed by atoms with van der Waals surface area (Å²) in [6.45, 7) is 2.22. The van der Waals surface area contributed by atoms with Gasteiger partial charge in [-0.1, -0.05) is 42.5 Å². The van der Waals surface area contributed by atoms with Crippen molar-refractivity contribution in [3.8, 4) is 0 Å². The largest absolute Gasteiger partial charge is 0.378 e. The molecule has 4 rings (SSSR count). The Morgan fingerprint density at radius 1 is 1.03 bits per heavy atom. The number of carbonyl (C=O) groups is 2. The van der Waals surface area contributed by atoms with Crippen LogP contribution in [-0.4, -0.2) is 30.8 Å². The van der Waals surface area contributed by atoms with Crippen molar-refractivity contribution in [1.29, 1.82) is 0 Å². The van der Waals surface area contributed by atoms with Crippen molar-refractivity contribution in [2.24, 2.45) is 0 Å². The van der Waals surface area contributed by atoms with E-state index < -0.39 is 12.1 Å². The summed E-state index contributed by atoms with van der Waals surface area (Å²) in [5, 5.41) is 2.99. The highest BCUT2D eigenvalue weighted by atomic mass is 19.1. The van der Waals surface area contributed by atoms with Crippen LogP contribution in [0, 0.1) is 5.82 Å². The molecule has 2 amide bonds. The summed E-state index contributed by atoms with van der Waals surface area (Å²) in [5.74, 6) is -0.784. The number of hydrogen-bond acceptors (Lipinski definition) is 3. The number of carbonyl (C=O) groups excluding carboxylic acids is 2. The molecule has 32 heavy (non-hydrogen) atoms. The molecule has 0 aliphatic carbocycles. The van der Waals surface area contributed by atoms with Gasteiger partial charge in [0.2, 0.25) is 5.91 Å². The van der Waals surface area contributed by atoms with Gasteiger partial charge in [0.15, 0.2) is 0 Å². The van der Waals surface area contributed by atoms with Crippen LogP contribution in [0.1, 0.15) is 46.1 Å². The normalized spacial score (nSPS) is 15.9. The Morgan fingerprint density at radius 2 is 1.69 bits per heavy atom. The van der Waals surface area contributed by atoms with Crippen molar-refractivity contribution in [1.82, 2.24) is 10.2 Å². The second-order valence-electron chi connectivity index (χ2n) is 8.21. The van der Waals surface area contributed by atoms with Gasteiger partial charge in [-0.05, 0) is 53.9 Å². The molecule has 3 aromatic carbocycles. The molecule has 5 nitrogen and oxygen atoms in total. The Kier molecular flexibility index (Phi) is 5.95. The third kappa shape index (κ3) is 4.08. The minimum atomic E-state index is -0.750. The highest BCUT2D eigenvalue weighted by Crippen LogP contribution is 2.39. The molecule has 6 heteroatoms. The zero-order valence-electron chi connectivity index (χ0n) is 18.4. The van der Waals surface area contributed by atoms with Gasteiger partial charge in [-0.15, -0.1) is 0 Å². The molecule has 2 atom stereocenters. The molecule has 1 heterocycles. The third-order valence-corrected chi connectivity index (χ3v) is 5.94. The van der Waals surface area contributed by atoms with Crippen LogP contribution in [0.25, 0.3) is 0 Å². The molecule has 0 bridgehead atoms. The van der Waals surface area contributed by atoms with Gasteiger partial charge in [0.1, 0.15) is 11.9 Å². The van der Waals surface area contributed by atoms with Gasteiger partial charge in [0.25, 0.3) is 5.91 Å². The van der Waals surface area contributed by atoms with E-state index in [1.807, 2.05) is 62.3 Å². The maximum absolute atomic E-state index is 13.4. The number of amides is 2. The van der Waals surface area contributed by atoms with Crippen molar-refractivity contribution in [2.75, 3.05) is 19.0 Å². The standard InChI is InChI=1S/C26H26FN3O2/c1-17(19-10-12-20(27)13-11-19)30-24(22-6-4-5-7-23(22)26(30)32)25(31)28-16-18-8-14-21(15-9-18)29(2)3/h4-15,17,24H,16H2,1-3H3,(H,28,31). The van der Waals surface area contributed by atoms with E-state index in [4.69, 9.17) is 0 Å². The molecule has 0 fully saturated rings. The number of benzene rings is 3. The zero-order chi connectivity index (χ0) is 22.8. The quantitative estimate of drug-likeness (QED) is 0.627. The molecule has 0 saturated heterocycles. The maximum Gasteiger partial charge on any atom is 0.255 e. The maximum atomic E-state index is 13.4. The Morgan fingerprint density at radius 3 is 2.34 bits per heavy atom. The molecule has 1 aliphatic heterocycles. The summed E-state index contributed by atoms with van der Waals surface area (Å²) >= 11 is 0. The van der Waals surface area contributed by atoms with Gasteiger partial charge in [0, 0.05) is 31.9 Å². The van der Waals surface area contributed by atoms with Crippen LogP contribution in [0.2, 0.25) is 0 Å². The molecule has 2 unspecified atom stereocenters. The van der Waals surface area contributed by atoms with Gasteiger partial charge in [-0.2, -0.15) is 0 Å². The molecule has 0 radical (unpaired) electrons. The highest BCUT2D eigenvalue weighted by Gasteiger charge is 2.43. The summed E-state index contributed by atoms with van der Waals surface area (Å²) in [7, 11) is 3.95. The first-order valence-corrected chi connectivity index (χ1v) is 10.6. The first-order chi connectivity index (χ1) is 15.4. The summed E-state index contributed by atoms with van der Waals surface area (Å²) in [4.78, 5) is 30.2. The average molecular weight is 432 g/mol. The van der Waals surface area contributed by atoms with Crippen LogP contribution in [0.15, 0.2) is 72.8 Å². The van der Waals surface area contributed by atoms with Crippen molar-refractivity contribution in [3.05, 3.63) is 101 Å². The van der Waals surface area contributed by atoms with Crippen molar-refractivity contribution in [3.63, 3.8) is 0 Å². The van der Waals surface area contributed by atoms with E-state index in [0.717, 1.165) is 16.8 Å². The van der Waals surface area contributed by atoms with Gasteiger partial charge in [-0.25, -0.2) is 4.39 Å². The minimum Gasteiger partial charge on any atom is -0.378 e. The lowest BCUT2D eigenvalue weighted by Gasteiger charge is -2.31. The molecule has 0 aromatic heterocycles. The van der Waals surface area contributed by atoms with E-state index in [9.17, 15) is 14.0 Å². The fourth-order valence-corrected chi connectivity index (χ4v) is 4.10. The summed E-state index contributed by atoms with van der Waals surface area (Å²) in [5.41, 5.74) is 4.03. The van der Waals surface area contributed by atoms with Crippen LogP contribution < -0.4 is 10.2 Å². The molecule has 0 saturated carbocycles. The van der Waals surface area contributed by atoms with Gasteiger partial charge >= 0.3 is 0 Å². The first-order valence-electron chi connectivity index (χ1n) is 10.6. The molecular weight excluding hydrogens is 405 g/mol. The van der Waals surface area contributed by atoms with Crippen LogP contribution >= 0.6 is 0 Å². The number of halogens is 1. The lowest BCUT2D eigenvalue weighted by molar-refractivity contribution is -0.126. The van der Waals surface area contributed by atoms with Crippen LogP contribution in [0.4, 0.5) is 10.1 Å². The third-order valence-electron chi connectivity index (χ3n) is 5.94. The van der Waals surface area contributed by atoms with Crippen LogP contribution in [-0.2, 0) is 11.3 Å². The Labute approximate surface area is 187 Å².